The fourth-order valence-electron chi connectivity index (χ4n) is 1.48. The monoisotopic (exact) mass is 271 g/mol. The van der Waals surface area contributed by atoms with Crippen LogP contribution in [0.5, 0.6) is 0 Å². The van der Waals surface area contributed by atoms with Crippen LogP contribution in [0.25, 0.3) is 0 Å². The Bertz CT molecular complexity index is 587. The summed E-state index contributed by atoms with van der Waals surface area (Å²) in [5.74, 6) is -1.08. The zero-order valence-electron chi connectivity index (χ0n) is 9.44. The molecule has 1 heterocycles. The summed E-state index contributed by atoms with van der Waals surface area (Å²) in [5, 5.41) is 8.64. The maximum atomic E-state index is 12.3. The van der Waals surface area contributed by atoms with Crippen LogP contribution in [0.4, 0.5) is 13.2 Å². The zero-order valence-corrected chi connectivity index (χ0v) is 9.44. The van der Waals surface area contributed by atoms with Gasteiger partial charge in [-0.1, -0.05) is 12.1 Å². The Morgan fingerprint density at radius 2 is 1.89 bits per heavy atom. The second kappa shape index (κ2) is 4.75. The average Bonchev–Trinajstić information content (AvgIpc) is 2.77. The normalized spacial score (nSPS) is 11.5. The van der Waals surface area contributed by atoms with Crippen LogP contribution in [0.3, 0.4) is 0 Å². The van der Waals surface area contributed by atoms with Crippen LogP contribution in [0, 0.1) is 0 Å². The van der Waals surface area contributed by atoms with Crippen molar-refractivity contribution in [1.82, 2.24) is 4.98 Å². The molecule has 0 unspecified atom stereocenters. The average molecular weight is 271 g/mol. The molecule has 2 rings (SSSR count). The van der Waals surface area contributed by atoms with Crippen LogP contribution in [0.1, 0.15) is 27.5 Å². The quantitative estimate of drug-likeness (QED) is 0.932. The van der Waals surface area contributed by atoms with Gasteiger partial charge in [-0.25, -0.2) is 9.78 Å². The van der Waals surface area contributed by atoms with Gasteiger partial charge in [-0.05, 0) is 17.7 Å². The molecule has 0 bridgehead atoms. The lowest BCUT2D eigenvalue weighted by Gasteiger charge is -2.06. The van der Waals surface area contributed by atoms with Gasteiger partial charge < -0.3 is 9.52 Å². The minimum absolute atomic E-state index is 0.130. The zero-order chi connectivity index (χ0) is 14.0. The van der Waals surface area contributed by atoms with E-state index >= 15 is 0 Å². The topological polar surface area (TPSA) is 63.3 Å². The van der Waals surface area contributed by atoms with E-state index in [2.05, 4.69) is 4.98 Å². The number of hydrogen-bond donors (Lipinski definition) is 1. The molecule has 0 aliphatic rings. The number of carbonyl (C=O) groups is 1. The van der Waals surface area contributed by atoms with Gasteiger partial charge in [-0.15, -0.1) is 0 Å². The molecule has 0 atom stereocenters. The van der Waals surface area contributed by atoms with E-state index < -0.39 is 17.7 Å². The molecular weight excluding hydrogens is 263 g/mol. The molecule has 1 N–H and O–H groups in total. The number of alkyl halides is 3. The van der Waals surface area contributed by atoms with Crippen LogP contribution in [0.15, 0.2) is 34.9 Å². The number of aromatic carboxylic acids is 1. The first-order valence-electron chi connectivity index (χ1n) is 5.20. The number of carboxylic acid groups (broad SMARTS) is 1. The van der Waals surface area contributed by atoms with Crippen LogP contribution in [-0.2, 0) is 12.6 Å². The molecule has 19 heavy (non-hydrogen) atoms. The Labute approximate surface area is 105 Å². The highest BCUT2D eigenvalue weighted by atomic mass is 19.4. The lowest BCUT2D eigenvalue weighted by atomic mass is 10.1. The van der Waals surface area contributed by atoms with Gasteiger partial charge in [0, 0.05) is 6.42 Å². The fourth-order valence-corrected chi connectivity index (χ4v) is 1.48. The smallest absolute Gasteiger partial charge is 0.416 e. The van der Waals surface area contributed by atoms with Gasteiger partial charge in [0.05, 0.1) is 5.56 Å². The molecule has 0 radical (unpaired) electrons. The standard InChI is InChI=1S/C12H8F3NO3/c13-12(14,15)8-3-1-7(2-4-8)5-10-16-9(6-19-10)11(17)18/h1-4,6H,5H2,(H,17,18). The van der Waals surface area contributed by atoms with Crippen LogP contribution in [-0.4, -0.2) is 16.1 Å². The van der Waals surface area contributed by atoms with Crippen molar-refractivity contribution in [2.45, 2.75) is 12.6 Å². The molecule has 2 aromatic rings. The van der Waals surface area contributed by atoms with Gasteiger partial charge in [0.25, 0.3) is 0 Å². The minimum Gasteiger partial charge on any atom is -0.476 e. The lowest BCUT2D eigenvalue weighted by Crippen LogP contribution is -2.04. The third-order valence-electron chi connectivity index (χ3n) is 2.41. The number of nitrogens with zero attached hydrogens (tertiary/aromatic N) is 1. The van der Waals surface area contributed by atoms with Crippen molar-refractivity contribution in [3.8, 4) is 0 Å². The highest BCUT2D eigenvalue weighted by molar-refractivity contribution is 5.84. The van der Waals surface area contributed by atoms with E-state index in [1.165, 1.54) is 12.1 Å². The molecule has 7 heteroatoms. The summed E-state index contributed by atoms with van der Waals surface area (Å²) in [6, 6.07) is 4.51. The van der Waals surface area contributed by atoms with Crippen LogP contribution >= 0.6 is 0 Å². The molecule has 0 aliphatic carbocycles. The van der Waals surface area contributed by atoms with Crippen molar-refractivity contribution in [1.29, 1.82) is 0 Å². The summed E-state index contributed by atoms with van der Waals surface area (Å²) in [7, 11) is 0. The van der Waals surface area contributed by atoms with Crippen molar-refractivity contribution >= 4 is 5.97 Å². The first-order valence-corrected chi connectivity index (χ1v) is 5.20. The maximum absolute atomic E-state index is 12.3. The number of aromatic nitrogens is 1. The van der Waals surface area contributed by atoms with Crippen molar-refractivity contribution in [2.24, 2.45) is 0 Å². The molecule has 0 aliphatic heterocycles. The molecule has 1 aromatic carbocycles. The Balaban J connectivity index is 2.13. The number of rotatable bonds is 3. The van der Waals surface area contributed by atoms with E-state index in [4.69, 9.17) is 9.52 Å². The van der Waals surface area contributed by atoms with E-state index in [-0.39, 0.29) is 18.0 Å². The second-order valence-electron chi connectivity index (χ2n) is 3.80. The Kier molecular flexibility index (Phi) is 3.28. The number of hydrogen-bond acceptors (Lipinski definition) is 3. The van der Waals surface area contributed by atoms with Crippen LogP contribution < -0.4 is 0 Å². The van der Waals surface area contributed by atoms with Gasteiger partial charge in [0.15, 0.2) is 11.6 Å². The van der Waals surface area contributed by atoms with E-state index in [1.807, 2.05) is 0 Å². The third-order valence-corrected chi connectivity index (χ3v) is 2.41. The Hall–Kier alpha value is -2.31. The van der Waals surface area contributed by atoms with Crippen molar-refractivity contribution in [3.63, 3.8) is 0 Å². The highest BCUT2D eigenvalue weighted by Gasteiger charge is 2.29. The Morgan fingerprint density at radius 3 is 2.37 bits per heavy atom. The predicted molar refractivity (Wildman–Crippen MR) is 57.7 cm³/mol. The number of benzene rings is 1. The van der Waals surface area contributed by atoms with E-state index in [1.54, 1.807) is 0 Å². The lowest BCUT2D eigenvalue weighted by molar-refractivity contribution is -0.137. The molecular formula is C12H8F3NO3. The largest absolute Gasteiger partial charge is 0.476 e. The summed E-state index contributed by atoms with van der Waals surface area (Å²) >= 11 is 0. The molecule has 100 valence electrons. The summed E-state index contributed by atoms with van der Waals surface area (Å²) in [6.07, 6.45) is -3.26. The summed E-state index contributed by atoms with van der Waals surface area (Å²) in [6.45, 7) is 0. The van der Waals surface area contributed by atoms with Gasteiger partial charge >= 0.3 is 12.1 Å². The first-order chi connectivity index (χ1) is 8.86. The van der Waals surface area contributed by atoms with Crippen LogP contribution in [0.2, 0.25) is 0 Å². The first kappa shape index (κ1) is 13.1. The summed E-state index contributed by atoms with van der Waals surface area (Å²) in [5.41, 5.74) is -0.427. The Morgan fingerprint density at radius 1 is 1.26 bits per heavy atom. The van der Waals surface area contributed by atoms with Gasteiger partial charge in [-0.2, -0.15) is 13.2 Å². The molecule has 0 spiro atoms. The maximum Gasteiger partial charge on any atom is 0.416 e. The van der Waals surface area contributed by atoms with Crippen molar-refractivity contribution in [2.75, 3.05) is 0 Å². The van der Waals surface area contributed by atoms with Gasteiger partial charge in [-0.3, -0.25) is 0 Å². The molecule has 0 amide bonds. The van der Waals surface area contributed by atoms with E-state index in [9.17, 15) is 18.0 Å². The van der Waals surface area contributed by atoms with Crippen molar-refractivity contribution in [3.05, 3.63) is 53.2 Å². The van der Waals surface area contributed by atoms with Gasteiger partial charge in [0.2, 0.25) is 0 Å². The predicted octanol–water partition coefficient (Wildman–Crippen LogP) is 2.98. The molecule has 0 saturated heterocycles. The fraction of sp³-hybridized carbons (Fsp3) is 0.167. The SMILES string of the molecule is O=C(O)c1coc(Cc2ccc(C(F)(F)F)cc2)n1. The minimum atomic E-state index is -4.38. The molecule has 1 aromatic heterocycles. The molecule has 0 saturated carbocycles. The third kappa shape index (κ3) is 3.12. The molecule has 4 nitrogen and oxygen atoms in total. The molecule has 0 fully saturated rings. The summed E-state index contributed by atoms with van der Waals surface area (Å²) < 4.78 is 41.9. The van der Waals surface area contributed by atoms with Gasteiger partial charge in [0.1, 0.15) is 6.26 Å². The van der Waals surface area contributed by atoms with E-state index in [0.29, 0.717) is 5.56 Å². The van der Waals surface area contributed by atoms with E-state index in [0.717, 1.165) is 18.4 Å². The number of carboxylic acids is 1. The number of oxazole rings is 1. The highest BCUT2D eigenvalue weighted by Crippen LogP contribution is 2.29. The number of halogens is 3. The van der Waals surface area contributed by atoms with Crippen molar-refractivity contribution < 1.29 is 27.5 Å². The summed E-state index contributed by atoms with van der Waals surface area (Å²) in [4.78, 5) is 14.3. The second-order valence-corrected chi connectivity index (χ2v) is 3.80.